The summed E-state index contributed by atoms with van der Waals surface area (Å²) < 4.78 is 1.84. The lowest BCUT2D eigenvalue weighted by Crippen LogP contribution is -2.12. The molecule has 1 atom stereocenters. The first-order valence-electron chi connectivity index (χ1n) is 4.76. The Balaban J connectivity index is 2.40. The lowest BCUT2D eigenvalue weighted by Gasteiger charge is -2.11. The van der Waals surface area contributed by atoms with Gasteiger partial charge < -0.3 is 10.3 Å². The van der Waals surface area contributed by atoms with Crippen LogP contribution in [-0.4, -0.2) is 9.55 Å². The van der Waals surface area contributed by atoms with E-state index in [1.165, 1.54) is 0 Å². The van der Waals surface area contributed by atoms with Crippen LogP contribution in [0.15, 0.2) is 30.7 Å². The highest BCUT2D eigenvalue weighted by atomic mass is 35.5. The van der Waals surface area contributed by atoms with Crippen LogP contribution in [0.25, 0.3) is 0 Å². The Morgan fingerprint density at radius 3 is 2.75 bits per heavy atom. The Morgan fingerprint density at radius 2 is 2.12 bits per heavy atom. The highest BCUT2D eigenvalue weighted by Crippen LogP contribution is 2.28. The van der Waals surface area contributed by atoms with Gasteiger partial charge in [-0.1, -0.05) is 23.2 Å². The molecule has 0 spiro atoms. The summed E-state index contributed by atoms with van der Waals surface area (Å²) in [6.07, 6.45) is 3.57. The van der Waals surface area contributed by atoms with E-state index in [0.29, 0.717) is 10.0 Å². The molecule has 1 aromatic carbocycles. The fourth-order valence-electron chi connectivity index (χ4n) is 1.51. The number of hydrogen-bond donors (Lipinski definition) is 1. The van der Waals surface area contributed by atoms with Crippen LogP contribution in [0.2, 0.25) is 10.0 Å². The topological polar surface area (TPSA) is 43.8 Å². The first-order valence-corrected chi connectivity index (χ1v) is 5.52. The molecular weight excluding hydrogens is 245 g/mol. The quantitative estimate of drug-likeness (QED) is 0.897. The zero-order valence-electron chi connectivity index (χ0n) is 8.69. The molecule has 1 unspecified atom stereocenters. The van der Waals surface area contributed by atoms with E-state index in [-0.39, 0.29) is 6.04 Å². The van der Waals surface area contributed by atoms with E-state index in [0.717, 1.165) is 11.3 Å². The number of aryl methyl sites for hydroxylation is 1. The summed E-state index contributed by atoms with van der Waals surface area (Å²) in [5.74, 6) is 0. The normalized spacial score (nSPS) is 12.8. The van der Waals surface area contributed by atoms with Crippen molar-refractivity contribution < 1.29 is 0 Å². The molecule has 0 saturated heterocycles. The maximum Gasteiger partial charge on any atom is 0.0947 e. The Labute approximate surface area is 104 Å². The number of hydrogen-bond acceptors (Lipinski definition) is 2. The van der Waals surface area contributed by atoms with Crippen molar-refractivity contribution in [3.63, 3.8) is 0 Å². The largest absolute Gasteiger partial charge is 0.340 e. The monoisotopic (exact) mass is 255 g/mol. The van der Waals surface area contributed by atoms with Crippen molar-refractivity contribution in [2.45, 2.75) is 6.04 Å². The van der Waals surface area contributed by atoms with E-state index in [1.807, 2.05) is 17.8 Å². The molecule has 0 aliphatic heterocycles. The molecular formula is C11H11Cl2N3. The first-order chi connectivity index (χ1) is 7.58. The van der Waals surface area contributed by atoms with Gasteiger partial charge in [-0.15, -0.1) is 0 Å². The lowest BCUT2D eigenvalue weighted by atomic mass is 10.1. The second-order valence-corrected chi connectivity index (χ2v) is 4.45. The molecule has 0 fully saturated rings. The van der Waals surface area contributed by atoms with Gasteiger partial charge in [0.05, 0.1) is 18.1 Å². The Hall–Kier alpha value is -1.03. The summed E-state index contributed by atoms with van der Waals surface area (Å²) in [6, 6.07) is 4.89. The summed E-state index contributed by atoms with van der Waals surface area (Å²) in [5.41, 5.74) is 7.64. The Morgan fingerprint density at radius 1 is 1.38 bits per heavy atom. The second-order valence-electron chi connectivity index (χ2n) is 3.61. The summed E-state index contributed by atoms with van der Waals surface area (Å²) in [5, 5.41) is 1.22. The van der Waals surface area contributed by atoms with Crippen molar-refractivity contribution in [1.82, 2.24) is 9.55 Å². The summed E-state index contributed by atoms with van der Waals surface area (Å²) in [7, 11) is 1.89. The van der Waals surface area contributed by atoms with Gasteiger partial charge in [-0.3, -0.25) is 0 Å². The van der Waals surface area contributed by atoms with E-state index in [4.69, 9.17) is 28.9 Å². The van der Waals surface area contributed by atoms with Gasteiger partial charge >= 0.3 is 0 Å². The minimum atomic E-state index is -0.354. The average molecular weight is 256 g/mol. The predicted octanol–water partition coefficient (Wildman–Crippen LogP) is 2.78. The third-order valence-corrected chi connectivity index (χ3v) is 2.92. The molecule has 2 rings (SSSR count). The smallest absolute Gasteiger partial charge is 0.0947 e. The SMILES string of the molecule is Cn1cnc(C(N)c2cc(Cl)ccc2Cl)c1. The van der Waals surface area contributed by atoms with Crippen LogP contribution in [0.3, 0.4) is 0 Å². The average Bonchev–Trinajstić information content (AvgIpc) is 2.67. The summed E-state index contributed by atoms with van der Waals surface area (Å²) in [6.45, 7) is 0. The standard InChI is InChI=1S/C11H11Cl2N3/c1-16-5-10(15-6-16)11(14)8-4-7(12)2-3-9(8)13/h2-6,11H,14H2,1H3. The molecule has 2 aromatic rings. The van der Waals surface area contributed by atoms with Crippen molar-refractivity contribution >= 4 is 23.2 Å². The van der Waals surface area contributed by atoms with E-state index in [9.17, 15) is 0 Å². The number of benzene rings is 1. The van der Waals surface area contributed by atoms with Crippen molar-refractivity contribution in [1.29, 1.82) is 0 Å². The molecule has 16 heavy (non-hydrogen) atoms. The maximum atomic E-state index is 6.08. The third kappa shape index (κ3) is 2.21. The van der Waals surface area contributed by atoms with Crippen LogP contribution < -0.4 is 5.73 Å². The van der Waals surface area contributed by atoms with Gasteiger partial charge in [0.1, 0.15) is 0 Å². The minimum absolute atomic E-state index is 0.354. The second kappa shape index (κ2) is 4.45. The van der Waals surface area contributed by atoms with Crippen LogP contribution in [-0.2, 0) is 7.05 Å². The fourth-order valence-corrected chi connectivity index (χ4v) is 1.92. The summed E-state index contributed by atoms with van der Waals surface area (Å²) in [4.78, 5) is 4.20. The van der Waals surface area contributed by atoms with E-state index < -0.39 is 0 Å². The molecule has 0 radical (unpaired) electrons. The van der Waals surface area contributed by atoms with E-state index in [2.05, 4.69) is 4.98 Å². The number of aromatic nitrogens is 2. The van der Waals surface area contributed by atoms with Gasteiger partial charge in [0.15, 0.2) is 0 Å². The van der Waals surface area contributed by atoms with Crippen molar-refractivity contribution in [3.8, 4) is 0 Å². The minimum Gasteiger partial charge on any atom is -0.340 e. The first kappa shape index (κ1) is 11.5. The highest BCUT2D eigenvalue weighted by Gasteiger charge is 2.15. The van der Waals surface area contributed by atoms with Crippen LogP contribution in [0.1, 0.15) is 17.3 Å². The lowest BCUT2D eigenvalue weighted by molar-refractivity contribution is 0.835. The summed E-state index contributed by atoms with van der Waals surface area (Å²) >= 11 is 12.0. The third-order valence-electron chi connectivity index (χ3n) is 2.34. The van der Waals surface area contributed by atoms with Crippen LogP contribution in [0.5, 0.6) is 0 Å². The van der Waals surface area contributed by atoms with E-state index >= 15 is 0 Å². The molecule has 3 nitrogen and oxygen atoms in total. The van der Waals surface area contributed by atoms with Crippen molar-refractivity contribution in [3.05, 3.63) is 52.0 Å². The van der Waals surface area contributed by atoms with Gasteiger partial charge in [0.2, 0.25) is 0 Å². The highest BCUT2D eigenvalue weighted by molar-refractivity contribution is 6.33. The van der Waals surface area contributed by atoms with Gasteiger partial charge in [-0.05, 0) is 23.8 Å². The van der Waals surface area contributed by atoms with Gasteiger partial charge in [-0.25, -0.2) is 4.98 Å². The zero-order valence-corrected chi connectivity index (χ0v) is 10.2. The van der Waals surface area contributed by atoms with Crippen LogP contribution >= 0.6 is 23.2 Å². The Bertz CT molecular complexity index is 508. The van der Waals surface area contributed by atoms with Crippen LogP contribution in [0, 0.1) is 0 Å². The fraction of sp³-hybridized carbons (Fsp3) is 0.182. The van der Waals surface area contributed by atoms with Crippen molar-refractivity contribution in [2.24, 2.45) is 12.8 Å². The molecule has 2 N–H and O–H groups in total. The number of imidazole rings is 1. The number of halogens is 2. The zero-order chi connectivity index (χ0) is 11.7. The molecule has 0 aliphatic rings. The van der Waals surface area contributed by atoms with Gasteiger partial charge in [0.25, 0.3) is 0 Å². The van der Waals surface area contributed by atoms with E-state index in [1.54, 1.807) is 24.5 Å². The maximum absolute atomic E-state index is 6.08. The predicted molar refractivity (Wildman–Crippen MR) is 65.7 cm³/mol. The van der Waals surface area contributed by atoms with Crippen molar-refractivity contribution in [2.75, 3.05) is 0 Å². The molecule has 1 aromatic heterocycles. The molecule has 0 saturated carbocycles. The van der Waals surface area contributed by atoms with Gasteiger partial charge in [0, 0.05) is 23.3 Å². The molecule has 1 heterocycles. The molecule has 0 bridgehead atoms. The number of rotatable bonds is 2. The number of nitrogens with zero attached hydrogens (tertiary/aromatic N) is 2. The molecule has 5 heteroatoms. The molecule has 0 amide bonds. The molecule has 84 valence electrons. The van der Waals surface area contributed by atoms with Crippen LogP contribution in [0.4, 0.5) is 0 Å². The number of nitrogens with two attached hydrogens (primary N) is 1. The van der Waals surface area contributed by atoms with Gasteiger partial charge in [-0.2, -0.15) is 0 Å². The molecule has 0 aliphatic carbocycles. The Kier molecular flexibility index (Phi) is 3.19.